The van der Waals surface area contributed by atoms with E-state index in [1.165, 1.54) is 4.90 Å². The molecule has 0 unspecified atom stereocenters. The third kappa shape index (κ3) is 5.27. The van der Waals surface area contributed by atoms with Gasteiger partial charge in [0.05, 0.1) is 6.42 Å². The van der Waals surface area contributed by atoms with Gasteiger partial charge in [-0.1, -0.05) is 17.7 Å². The van der Waals surface area contributed by atoms with Gasteiger partial charge in [0, 0.05) is 23.2 Å². The van der Waals surface area contributed by atoms with Crippen LogP contribution in [0.2, 0.25) is 5.02 Å². The standard InChI is InChI=1S/C15H20ClNO4/c1-10(2)17(8-7-15(19)20)14(18)9-21-13-6-4-5-12(16)11(13)3/h4-6,10H,7-9H2,1-3H3,(H,19,20). The van der Waals surface area contributed by atoms with E-state index in [0.29, 0.717) is 10.8 Å². The van der Waals surface area contributed by atoms with Gasteiger partial charge in [0.1, 0.15) is 5.75 Å². The minimum Gasteiger partial charge on any atom is -0.483 e. The van der Waals surface area contributed by atoms with E-state index in [9.17, 15) is 9.59 Å². The Morgan fingerprint density at radius 3 is 2.62 bits per heavy atom. The van der Waals surface area contributed by atoms with E-state index in [1.807, 2.05) is 20.8 Å². The maximum absolute atomic E-state index is 12.1. The van der Waals surface area contributed by atoms with E-state index in [4.69, 9.17) is 21.4 Å². The Balaban J connectivity index is 2.65. The lowest BCUT2D eigenvalue weighted by atomic mass is 10.2. The SMILES string of the molecule is Cc1c(Cl)cccc1OCC(=O)N(CCC(=O)O)C(C)C. The van der Waals surface area contributed by atoms with Gasteiger partial charge in [-0.25, -0.2) is 0 Å². The van der Waals surface area contributed by atoms with Crippen molar-refractivity contribution in [2.75, 3.05) is 13.2 Å². The number of benzene rings is 1. The number of halogens is 1. The summed E-state index contributed by atoms with van der Waals surface area (Å²) in [5.74, 6) is -0.622. The molecule has 0 aromatic heterocycles. The zero-order valence-corrected chi connectivity index (χ0v) is 13.2. The van der Waals surface area contributed by atoms with Crippen molar-refractivity contribution in [3.63, 3.8) is 0 Å². The van der Waals surface area contributed by atoms with Crippen LogP contribution in [-0.2, 0) is 9.59 Å². The first kappa shape index (κ1) is 17.3. The van der Waals surface area contributed by atoms with Gasteiger partial charge >= 0.3 is 5.97 Å². The van der Waals surface area contributed by atoms with Crippen molar-refractivity contribution in [3.8, 4) is 5.75 Å². The molecule has 1 aromatic carbocycles. The molecule has 0 atom stereocenters. The molecule has 0 aliphatic heterocycles. The maximum Gasteiger partial charge on any atom is 0.305 e. The van der Waals surface area contributed by atoms with Crippen LogP contribution in [0.4, 0.5) is 0 Å². The fourth-order valence-corrected chi connectivity index (χ4v) is 2.02. The number of carbonyl (C=O) groups is 2. The average Bonchev–Trinajstić information content (AvgIpc) is 2.40. The van der Waals surface area contributed by atoms with Gasteiger partial charge in [0.15, 0.2) is 6.61 Å². The number of hydrogen-bond acceptors (Lipinski definition) is 3. The molecule has 21 heavy (non-hydrogen) atoms. The molecule has 0 heterocycles. The molecule has 0 aliphatic carbocycles. The molecule has 0 spiro atoms. The molecule has 0 aliphatic rings. The number of ether oxygens (including phenoxy) is 1. The van der Waals surface area contributed by atoms with Gasteiger partial charge in [-0.15, -0.1) is 0 Å². The zero-order chi connectivity index (χ0) is 16.0. The first-order valence-electron chi connectivity index (χ1n) is 6.72. The number of rotatable bonds is 7. The second-order valence-corrected chi connectivity index (χ2v) is 5.38. The molecule has 0 saturated carbocycles. The number of amides is 1. The van der Waals surface area contributed by atoms with Crippen molar-refractivity contribution < 1.29 is 19.4 Å². The van der Waals surface area contributed by atoms with E-state index >= 15 is 0 Å². The smallest absolute Gasteiger partial charge is 0.305 e. The summed E-state index contributed by atoms with van der Waals surface area (Å²) in [5, 5.41) is 9.29. The lowest BCUT2D eigenvalue weighted by molar-refractivity contribution is -0.139. The average molecular weight is 314 g/mol. The summed E-state index contributed by atoms with van der Waals surface area (Å²) in [6.07, 6.45) is -0.0832. The van der Waals surface area contributed by atoms with Crippen molar-refractivity contribution in [2.24, 2.45) is 0 Å². The predicted octanol–water partition coefficient (Wildman–Crippen LogP) is 2.74. The molecule has 1 amide bonds. The van der Waals surface area contributed by atoms with Crippen LogP contribution in [0.15, 0.2) is 18.2 Å². The van der Waals surface area contributed by atoms with E-state index in [1.54, 1.807) is 18.2 Å². The van der Waals surface area contributed by atoms with Crippen LogP contribution >= 0.6 is 11.6 Å². The summed E-state index contributed by atoms with van der Waals surface area (Å²) in [6.45, 7) is 5.52. The third-order valence-electron chi connectivity index (χ3n) is 3.08. The Morgan fingerprint density at radius 1 is 1.38 bits per heavy atom. The molecule has 1 N–H and O–H groups in total. The zero-order valence-electron chi connectivity index (χ0n) is 12.4. The second kappa shape index (κ2) is 7.88. The highest BCUT2D eigenvalue weighted by Gasteiger charge is 2.18. The van der Waals surface area contributed by atoms with Gasteiger partial charge < -0.3 is 14.7 Å². The summed E-state index contributed by atoms with van der Waals surface area (Å²) >= 11 is 5.99. The molecule has 5 nitrogen and oxygen atoms in total. The highest BCUT2D eigenvalue weighted by molar-refractivity contribution is 6.31. The lowest BCUT2D eigenvalue weighted by Gasteiger charge is -2.26. The number of aliphatic carboxylic acids is 1. The van der Waals surface area contributed by atoms with E-state index < -0.39 is 5.97 Å². The fourth-order valence-electron chi connectivity index (χ4n) is 1.85. The van der Waals surface area contributed by atoms with E-state index in [0.717, 1.165) is 5.56 Å². The monoisotopic (exact) mass is 313 g/mol. The molecule has 0 bridgehead atoms. The molecule has 0 fully saturated rings. The lowest BCUT2D eigenvalue weighted by Crippen LogP contribution is -2.41. The second-order valence-electron chi connectivity index (χ2n) is 4.98. The van der Waals surface area contributed by atoms with Gasteiger partial charge in [0.25, 0.3) is 5.91 Å². The summed E-state index contributed by atoms with van der Waals surface area (Å²) in [4.78, 5) is 24.3. The number of nitrogens with zero attached hydrogens (tertiary/aromatic N) is 1. The van der Waals surface area contributed by atoms with Crippen LogP contribution in [0.5, 0.6) is 5.75 Å². The van der Waals surface area contributed by atoms with Gasteiger partial charge in [-0.2, -0.15) is 0 Å². The highest BCUT2D eigenvalue weighted by Crippen LogP contribution is 2.25. The summed E-state index contributed by atoms with van der Waals surface area (Å²) in [5.41, 5.74) is 0.772. The Morgan fingerprint density at radius 2 is 2.05 bits per heavy atom. The Hall–Kier alpha value is -1.75. The Bertz CT molecular complexity index is 516. The van der Waals surface area contributed by atoms with E-state index in [2.05, 4.69) is 0 Å². The summed E-state index contributed by atoms with van der Waals surface area (Å²) in [6, 6.07) is 5.16. The van der Waals surface area contributed by atoms with Gasteiger partial charge in [-0.05, 0) is 32.9 Å². The summed E-state index contributed by atoms with van der Waals surface area (Å²) < 4.78 is 5.49. The molecular weight excluding hydrogens is 294 g/mol. The first-order chi connectivity index (χ1) is 9.82. The molecule has 0 radical (unpaired) electrons. The van der Waals surface area contributed by atoms with Crippen LogP contribution in [0.25, 0.3) is 0 Å². The first-order valence-corrected chi connectivity index (χ1v) is 7.10. The molecular formula is C15H20ClNO4. The van der Waals surface area contributed by atoms with Crippen molar-refractivity contribution in [1.82, 2.24) is 4.90 Å². The van der Waals surface area contributed by atoms with Crippen LogP contribution in [0, 0.1) is 6.92 Å². The van der Waals surface area contributed by atoms with Crippen LogP contribution in [0.1, 0.15) is 25.8 Å². The van der Waals surface area contributed by atoms with Crippen molar-refractivity contribution in [3.05, 3.63) is 28.8 Å². The minimum absolute atomic E-state index is 0.0825. The Kier molecular flexibility index (Phi) is 6.49. The molecule has 1 aromatic rings. The molecule has 6 heteroatoms. The molecule has 0 saturated heterocycles. The van der Waals surface area contributed by atoms with Crippen molar-refractivity contribution >= 4 is 23.5 Å². The van der Waals surface area contributed by atoms with Crippen molar-refractivity contribution in [1.29, 1.82) is 0 Å². The Labute approximate surface area is 129 Å². The molecule has 1 rings (SSSR count). The highest BCUT2D eigenvalue weighted by atomic mass is 35.5. The number of carbonyl (C=O) groups excluding carboxylic acids is 1. The number of carboxylic acid groups (broad SMARTS) is 1. The molecule has 116 valence electrons. The third-order valence-corrected chi connectivity index (χ3v) is 3.49. The van der Waals surface area contributed by atoms with Crippen LogP contribution < -0.4 is 4.74 Å². The summed E-state index contributed by atoms with van der Waals surface area (Å²) in [7, 11) is 0. The minimum atomic E-state index is -0.931. The quantitative estimate of drug-likeness (QED) is 0.840. The fraction of sp³-hybridized carbons (Fsp3) is 0.467. The normalized spacial score (nSPS) is 10.5. The number of hydrogen-bond donors (Lipinski definition) is 1. The van der Waals surface area contributed by atoms with Crippen molar-refractivity contribution in [2.45, 2.75) is 33.2 Å². The van der Waals surface area contributed by atoms with Crippen LogP contribution in [0.3, 0.4) is 0 Å². The predicted molar refractivity (Wildman–Crippen MR) is 80.8 cm³/mol. The number of carboxylic acids is 1. The van der Waals surface area contributed by atoms with Gasteiger partial charge in [0.2, 0.25) is 0 Å². The van der Waals surface area contributed by atoms with Crippen LogP contribution in [-0.4, -0.2) is 41.1 Å². The van der Waals surface area contributed by atoms with E-state index in [-0.39, 0.29) is 31.5 Å². The van der Waals surface area contributed by atoms with Gasteiger partial charge in [-0.3, -0.25) is 9.59 Å². The maximum atomic E-state index is 12.1. The largest absolute Gasteiger partial charge is 0.483 e. The topological polar surface area (TPSA) is 66.8 Å².